The van der Waals surface area contributed by atoms with Crippen molar-refractivity contribution in [1.82, 2.24) is 4.98 Å². The molecule has 1 aromatic carbocycles. The number of carboxylic acids is 1. The molecule has 2 bridgehead atoms. The molecule has 2 aromatic rings. The van der Waals surface area contributed by atoms with Gasteiger partial charge in [0.05, 0.1) is 28.9 Å². The van der Waals surface area contributed by atoms with Crippen molar-refractivity contribution in [2.24, 2.45) is 11.8 Å². The van der Waals surface area contributed by atoms with Crippen molar-refractivity contribution in [2.75, 3.05) is 10.0 Å². The van der Waals surface area contributed by atoms with E-state index in [1.165, 1.54) is 30.5 Å². The second-order valence-electron chi connectivity index (χ2n) is 6.64. The van der Waals surface area contributed by atoms with Crippen LogP contribution in [0.4, 0.5) is 10.8 Å². The summed E-state index contributed by atoms with van der Waals surface area (Å²) in [4.78, 5) is 28.0. The number of sulfonamides is 1. The highest BCUT2D eigenvalue weighted by Crippen LogP contribution is 2.44. The minimum atomic E-state index is -3.78. The molecule has 2 saturated heterocycles. The fourth-order valence-electron chi connectivity index (χ4n) is 3.72. The van der Waals surface area contributed by atoms with Gasteiger partial charge in [0.1, 0.15) is 0 Å². The first-order valence-electron chi connectivity index (χ1n) is 8.57. The molecule has 1 amide bonds. The Morgan fingerprint density at radius 2 is 1.82 bits per heavy atom. The molecule has 1 aromatic heterocycles. The Hall–Kier alpha value is -2.50. The normalized spacial score (nSPS) is 26.1. The average Bonchev–Trinajstić information content (AvgIpc) is 3.38. The van der Waals surface area contributed by atoms with Crippen LogP contribution in [-0.4, -0.2) is 42.6 Å². The molecule has 0 unspecified atom stereocenters. The summed E-state index contributed by atoms with van der Waals surface area (Å²) >= 11 is 1.16. The Morgan fingerprint density at radius 1 is 1.14 bits per heavy atom. The topological polar surface area (TPSA) is 135 Å². The van der Waals surface area contributed by atoms with Gasteiger partial charge in [0, 0.05) is 17.3 Å². The number of anilines is 2. The number of benzene rings is 1. The van der Waals surface area contributed by atoms with Gasteiger partial charge in [-0.15, -0.1) is 11.3 Å². The summed E-state index contributed by atoms with van der Waals surface area (Å²) in [5, 5.41) is 14.0. The van der Waals surface area contributed by atoms with Crippen LogP contribution in [0.3, 0.4) is 0 Å². The molecule has 3 heterocycles. The fraction of sp³-hybridized carbons (Fsp3) is 0.353. The largest absolute Gasteiger partial charge is 0.481 e. The predicted molar refractivity (Wildman–Crippen MR) is 101 cm³/mol. The van der Waals surface area contributed by atoms with Gasteiger partial charge in [-0.05, 0) is 37.1 Å². The minimum absolute atomic E-state index is 0.0207. The average molecular weight is 423 g/mol. The smallest absolute Gasteiger partial charge is 0.310 e. The van der Waals surface area contributed by atoms with E-state index in [0.29, 0.717) is 18.5 Å². The first-order valence-corrected chi connectivity index (χ1v) is 10.9. The molecule has 0 spiro atoms. The van der Waals surface area contributed by atoms with Crippen molar-refractivity contribution in [3.05, 3.63) is 35.8 Å². The lowest BCUT2D eigenvalue weighted by Crippen LogP contribution is -2.40. The second kappa shape index (κ2) is 7.15. The molecule has 0 aliphatic carbocycles. The highest BCUT2D eigenvalue weighted by atomic mass is 32.2. The van der Waals surface area contributed by atoms with E-state index in [4.69, 9.17) is 4.74 Å². The van der Waals surface area contributed by atoms with Crippen LogP contribution in [-0.2, 0) is 24.3 Å². The molecule has 9 nitrogen and oxygen atoms in total. The minimum Gasteiger partial charge on any atom is -0.481 e. The molecule has 2 aliphatic rings. The Morgan fingerprint density at radius 3 is 2.43 bits per heavy atom. The number of aromatic nitrogens is 1. The number of rotatable bonds is 6. The van der Waals surface area contributed by atoms with E-state index in [2.05, 4.69) is 15.0 Å². The van der Waals surface area contributed by atoms with Crippen molar-refractivity contribution in [2.45, 2.75) is 29.9 Å². The van der Waals surface area contributed by atoms with Crippen LogP contribution < -0.4 is 10.0 Å². The quantitative estimate of drug-likeness (QED) is 0.644. The van der Waals surface area contributed by atoms with Crippen LogP contribution in [0.1, 0.15) is 12.8 Å². The van der Waals surface area contributed by atoms with Gasteiger partial charge in [0.2, 0.25) is 5.91 Å². The zero-order valence-corrected chi connectivity index (χ0v) is 16.1. The van der Waals surface area contributed by atoms with Crippen LogP contribution in [0.25, 0.3) is 0 Å². The third-order valence-electron chi connectivity index (χ3n) is 4.95. The molecular weight excluding hydrogens is 406 g/mol. The maximum atomic E-state index is 12.6. The molecule has 0 radical (unpaired) electrons. The van der Waals surface area contributed by atoms with Crippen LogP contribution in [0, 0.1) is 11.8 Å². The molecule has 2 aliphatic heterocycles. The summed E-state index contributed by atoms with van der Waals surface area (Å²) in [6, 6.07) is 5.63. The predicted octanol–water partition coefficient (Wildman–Crippen LogP) is 1.76. The Bertz CT molecular complexity index is 990. The lowest BCUT2D eigenvalue weighted by Gasteiger charge is -2.23. The highest BCUT2D eigenvalue weighted by molar-refractivity contribution is 7.93. The summed E-state index contributed by atoms with van der Waals surface area (Å²) in [7, 11) is -3.78. The van der Waals surface area contributed by atoms with Crippen molar-refractivity contribution < 1.29 is 27.9 Å². The van der Waals surface area contributed by atoms with Crippen molar-refractivity contribution in [3.8, 4) is 0 Å². The van der Waals surface area contributed by atoms with Crippen LogP contribution in [0.15, 0.2) is 40.7 Å². The first-order chi connectivity index (χ1) is 13.3. The number of aliphatic carboxylic acids is 1. The number of hydrogen-bond donors (Lipinski definition) is 3. The number of nitrogens with zero attached hydrogens (tertiary/aromatic N) is 1. The summed E-state index contributed by atoms with van der Waals surface area (Å²) in [6.45, 7) is 0. The summed E-state index contributed by atoms with van der Waals surface area (Å²) in [6.07, 6.45) is 1.97. The zero-order chi connectivity index (χ0) is 19.9. The zero-order valence-electron chi connectivity index (χ0n) is 14.4. The van der Waals surface area contributed by atoms with E-state index in [-0.39, 0.29) is 10.0 Å². The molecule has 3 N–H and O–H groups in total. The van der Waals surface area contributed by atoms with Crippen LogP contribution >= 0.6 is 11.3 Å². The Kier molecular flexibility index (Phi) is 4.81. The summed E-state index contributed by atoms with van der Waals surface area (Å²) in [5.74, 6) is -3.09. The van der Waals surface area contributed by atoms with E-state index in [1.807, 2.05) is 0 Å². The van der Waals surface area contributed by atoms with Crippen molar-refractivity contribution in [1.29, 1.82) is 0 Å². The second-order valence-corrected chi connectivity index (χ2v) is 9.21. The number of thiazole rings is 1. The number of carbonyl (C=O) groups is 2. The van der Waals surface area contributed by atoms with Gasteiger partial charge in [-0.25, -0.2) is 13.4 Å². The maximum absolute atomic E-state index is 12.6. The molecule has 0 saturated carbocycles. The standard InChI is InChI=1S/C17H17N3O6S2/c21-15(13-11-5-6-12(26-11)14(13)16(22)23)19-9-1-3-10(4-2-9)28(24,25)20-17-18-7-8-27-17/h1-4,7-8,11-14H,5-6H2,(H,18,20)(H,19,21)(H,22,23)/t11-,12-,13+,14+/m1/s1. The summed E-state index contributed by atoms with van der Waals surface area (Å²) in [5.41, 5.74) is 0.380. The van der Waals surface area contributed by atoms with E-state index >= 15 is 0 Å². The molecule has 4 rings (SSSR count). The molecule has 4 atom stereocenters. The third-order valence-corrected chi connectivity index (χ3v) is 7.12. The number of ether oxygens (including phenoxy) is 1. The van der Waals surface area contributed by atoms with E-state index in [9.17, 15) is 23.1 Å². The lowest BCUT2D eigenvalue weighted by atomic mass is 9.78. The first kappa shape index (κ1) is 18.8. The lowest BCUT2D eigenvalue weighted by molar-refractivity contribution is -0.147. The van der Waals surface area contributed by atoms with Gasteiger partial charge in [-0.2, -0.15) is 0 Å². The molecule has 28 heavy (non-hydrogen) atoms. The Balaban J connectivity index is 1.46. The number of fused-ring (bicyclic) bond motifs is 2. The molecule has 11 heteroatoms. The monoisotopic (exact) mass is 423 g/mol. The van der Waals surface area contributed by atoms with Crippen LogP contribution in [0.2, 0.25) is 0 Å². The molecule has 148 valence electrons. The molecule has 2 fully saturated rings. The van der Waals surface area contributed by atoms with Gasteiger partial charge in [0.25, 0.3) is 10.0 Å². The summed E-state index contributed by atoms with van der Waals surface area (Å²) < 4.78 is 32.6. The van der Waals surface area contributed by atoms with Gasteiger partial charge in [-0.3, -0.25) is 14.3 Å². The van der Waals surface area contributed by atoms with Gasteiger partial charge < -0.3 is 15.2 Å². The number of carboxylic acid groups (broad SMARTS) is 1. The van der Waals surface area contributed by atoms with Crippen LogP contribution in [0.5, 0.6) is 0 Å². The highest BCUT2D eigenvalue weighted by Gasteiger charge is 2.55. The van der Waals surface area contributed by atoms with Gasteiger partial charge in [0.15, 0.2) is 5.13 Å². The maximum Gasteiger partial charge on any atom is 0.310 e. The number of carbonyl (C=O) groups excluding carboxylic acids is 1. The van der Waals surface area contributed by atoms with Gasteiger partial charge in [-0.1, -0.05) is 0 Å². The Labute approximate surface area is 164 Å². The third kappa shape index (κ3) is 3.48. The molecular formula is C17H17N3O6S2. The van der Waals surface area contributed by atoms with Crippen molar-refractivity contribution in [3.63, 3.8) is 0 Å². The number of hydrogen-bond acceptors (Lipinski definition) is 7. The number of nitrogens with one attached hydrogen (secondary N) is 2. The van der Waals surface area contributed by atoms with E-state index in [1.54, 1.807) is 5.38 Å². The van der Waals surface area contributed by atoms with Crippen molar-refractivity contribution >= 4 is 44.1 Å². The van der Waals surface area contributed by atoms with Gasteiger partial charge >= 0.3 is 5.97 Å². The van der Waals surface area contributed by atoms with E-state index in [0.717, 1.165) is 11.3 Å². The SMILES string of the molecule is O=C(O)[C@@H]1[C@@H](C(=O)Nc2ccc(S(=O)(=O)Nc3nccs3)cc2)[C@H]2CC[C@H]1O2. The number of amides is 1. The fourth-order valence-corrected chi connectivity index (χ4v) is 5.50. The van der Waals surface area contributed by atoms with E-state index < -0.39 is 45.9 Å².